The van der Waals surface area contributed by atoms with Crippen molar-refractivity contribution in [3.63, 3.8) is 0 Å². The van der Waals surface area contributed by atoms with Gasteiger partial charge in [-0.1, -0.05) is 17.2 Å². The molecule has 0 aromatic heterocycles. The van der Waals surface area contributed by atoms with Crippen LogP contribution in [-0.4, -0.2) is 29.5 Å². The molecule has 0 fully saturated rings. The van der Waals surface area contributed by atoms with Gasteiger partial charge >= 0.3 is 5.97 Å². The zero-order valence-corrected chi connectivity index (χ0v) is 11.9. The molecule has 4 rings (SSSR count). The Bertz CT molecular complexity index is 823. The van der Waals surface area contributed by atoms with Crippen molar-refractivity contribution in [2.75, 3.05) is 6.61 Å². The number of nitrogens with zero attached hydrogens (tertiary/aromatic N) is 1. The van der Waals surface area contributed by atoms with Crippen molar-refractivity contribution in [3.05, 3.63) is 64.7 Å². The zero-order valence-electron chi connectivity index (χ0n) is 11.9. The molecule has 0 bridgehead atoms. The minimum absolute atomic E-state index is 0.229. The molecule has 6 nitrogen and oxygen atoms in total. The van der Waals surface area contributed by atoms with Gasteiger partial charge < -0.3 is 9.57 Å². The van der Waals surface area contributed by atoms with Crippen molar-refractivity contribution >= 4 is 17.8 Å². The molecule has 0 spiro atoms. The first-order chi connectivity index (χ1) is 11.1. The zero-order chi connectivity index (χ0) is 16.0. The van der Waals surface area contributed by atoms with Gasteiger partial charge in [-0.3, -0.25) is 9.59 Å². The van der Waals surface area contributed by atoms with Crippen LogP contribution < -0.4 is 4.74 Å². The van der Waals surface area contributed by atoms with E-state index in [1.165, 1.54) is 12.1 Å². The lowest BCUT2D eigenvalue weighted by Gasteiger charge is -2.13. The van der Waals surface area contributed by atoms with Gasteiger partial charge in [0.15, 0.2) is 0 Å². The summed E-state index contributed by atoms with van der Waals surface area (Å²) >= 11 is 0. The number of carbonyl (C=O) groups excluding carboxylic acids is 3. The topological polar surface area (TPSA) is 72.9 Å². The van der Waals surface area contributed by atoms with Gasteiger partial charge in [-0.2, -0.15) is 0 Å². The Morgan fingerprint density at radius 2 is 1.74 bits per heavy atom. The van der Waals surface area contributed by atoms with E-state index in [1.54, 1.807) is 30.3 Å². The highest BCUT2D eigenvalue weighted by molar-refractivity contribution is 6.21. The molecule has 2 amide bonds. The predicted molar refractivity (Wildman–Crippen MR) is 78.0 cm³/mol. The summed E-state index contributed by atoms with van der Waals surface area (Å²) < 4.78 is 5.37. The third-order valence-electron chi connectivity index (χ3n) is 3.86. The average Bonchev–Trinajstić information content (AvgIpc) is 3.13. The van der Waals surface area contributed by atoms with E-state index in [0.29, 0.717) is 18.1 Å². The van der Waals surface area contributed by atoms with E-state index in [1.807, 2.05) is 0 Å². The quantitative estimate of drug-likeness (QED) is 0.793. The number of ether oxygens (including phenoxy) is 1. The standard InChI is InChI=1S/C17H11NO5/c19-15-12-3-1-2-4-13(12)16(20)18(15)23-17(21)11-5-6-14-10(9-11)7-8-22-14/h1-6,9H,7-8H2. The summed E-state index contributed by atoms with van der Waals surface area (Å²) in [6.07, 6.45) is 0.712. The molecule has 0 atom stereocenters. The molecule has 6 heteroatoms. The lowest BCUT2D eigenvalue weighted by atomic mass is 10.1. The van der Waals surface area contributed by atoms with Gasteiger partial charge in [-0.15, -0.1) is 0 Å². The molecule has 23 heavy (non-hydrogen) atoms. The summed E-state index contributed by atoms with van der Waals surface area (Å²) in [4.78, 5) is 41.6. The van der Waals surface area contributed by atoms with Crippen LogP contribution in [0.15, 0.2) is 42.5 Å². The van der Waals surface area contributed by atoms with E-state index in [-0.39, 0.29) is 16.7 Å². The highest BCUT2D eigenvalue weighted by atomic mass is 16.7. The molecule has 0 saturated carbocycles. The number of amides is 2. The maximum atomic E-state index is 12.2. The average molecular weight is 309 g/mol. The molecule has 2 aliphatic heterocycles. The fourth-order valence-corrected chi connectivity index (χ4v) is 2.70. The third kappa shape index (κ3) is 2.07. The van der Waals surface area contributed by atoms with Crippen LogP contribution in [0.25, 0.3) is 0 Å². The van der Waals surface area contributed by atoms with E-state index in [0.717, 1.165) is 11.3 Å². The summed E-state index contributed by atoms with van der Waals surface area (Å²) in [5, 5.41) is 0.511. The number of rotatable bonds is 2. The summed E-state index contributed by atoms with van der Waals surface area (Å²) in [6, 6.07) is 11.2. The van der Waals surface area contributed by atoms with Gasteiger partial charge in [0, 0.05) is 6.42 Å². The summed E-state index contributed by atoms with van der Waals surface area (Å²) in [6.45, 7) is 0.576. The lowest BCUT2D eigenvalue weighted by Crippen LogP contribution is -2.32. The maximum Gasteiger partial charge on any atom is 0.363 e. The van der Waals surface area contributed by atoms with E-state index in [9.17, 15) is 14.4 Å². The number of fused-ring (bicyclic) bond motifs is 2. The van der Waals surface area contributed by atoms with Gasteiger partial charge in [0.05, 0.1) is 23.3 Å². The second-order valence-corrected chi connectivity index (χ2v) is 5.25. The van der Waals surface area contributed by atoms with Crippen molar-refractivity contribution < 1.29 is 24.0 Å². The Kier molecular flexibility index (Phi) is 2.90. The smallest absolute Gasteiger partial charge is 0.363 e. The first-order valence-electron chi connectivity index (χ1n) is 7.11. The van der Waals surface area contributed by atoms with Gasteiger partial charge in [0.2, 0.25) is 0 Å². The van der Waals surface area contributed by atoms with Gasteiger partial charge in [-0.25, -0.2) is 4.79 Å². The van der Waals surface area contributed by atoms with Gasteiger partial charge in [0.1, 0.15) is 5.75 Å². The molecule has 114 valence electrons. The van der Waals surface area contributed by atoms with Gasteiger partial charge in [-0.05, 0) is 35.9 Å². The third-order valence-corrected chi connectivity index (χ3v) is 3.86. The maximum absolute atomic E-state index is 12.2. The van der Waals surface area contributed by atoms with Crippen LogP contribution in [0, 0.1) is 0 Å². The minimum Gasteiger partial charge on any atom is -0.493 e. The van der Waals surface area contributed by atoms with Crippen LogP contribution >= 0.6 is 0 Å². The number of hydrogen-bond acceptors (Lipinski definition) is 5. The van der Waals surface area contributed by atoms with Crippen molar-refractivity contribution in [3.8, 4) is 5.75 Å². The summed E-state index contributed by atoms with van der Waals surface area (Å²) in [5.41, 5.74) is 1.63. The van der Waals surface area contributed by atoms with E-state index in [4.69, 9.17) is 9.57 Å². The molecule has 2 aromatic rings. The second-order valence-electron chi connectivity index (χ2n) is 5.25. The number of benzene rings is 2. The summed E-state index contributed by atoms with van der Waals surface area (Å²) in [5.74, 6) is -1.29. The molecule has 2 aliphatic rings. The summed E-state index contributed by atoms with van der Waals surface area (Å²) in [7, 11) is 0. The van der Waals surface area contributed by atoms with E-state index < -0.39 is 17.8 Å². The highest BCUT2D eigenvalue weighted by Crippen LogP contribution is 2.27. The SMILES string of the molecule is O=C(ON1C(=O)c2ccccc2C1=O)c1ccc2c(c1)CCO2. The van der Waals surface area contributed by atoms with Crippen molar-refractivity contribution in [1.82, 2.24) is 5.06 Å². The normalized spacial score (nSPS) is 15.2. The van der Waals surface area contributed by atoms with Crippen molar-refractivity contribution in [1.29, 1.82) is 0 Å². The number of imide groups is 1. The Balaban J connectivity index is 1.58. The number of carbonyl (C=O) groups is 3. The second kappa shape index (κ2) is 4.95. The largest absolute Gasteiger partial charge is 0.493 e. The number of hydrogen-bond donors (Lipinski definition) is 0. The first kappa shape index (κ1) is 13.5. The van der Waals surface area contributed by atoms with Crippen LogP contribution in [-0.2, 0) is 11.3 Å². The fraction of sp³-hybridized carbons (Fsp3) is 0.118. The van der Waals surface area contributed by atoms with E-state index in [2.05, 4.69) is 0 Å². The molecule has 0 unspecified atom stereocenters. The van der Waals surface area contributed by atoms with Crippen LogP contribution in [0.4, 0.5) is 0 Å². The Labute approximate surface area is 131 Å². The fourth-order valence-electron chi connectivity index (χ4n) is 2.70. The van der Waals surface area contributed by atoms with Crippen LogP contribution in [0.5, 0.6) is 5.75 Å². The Morgan fingerprint density at radius 1 is 1.04 bits per heavy atom. The molecule has 0 saturated heterocycles. The number of hydroxylamine groups is 2. The van der Waals surface area contributed by atoms with Crippen molar-refractivity contribution in [2.24, 2.45) is 0 Å². The Morgan fingerprint density at radius 3 is 2.43 bits per heavy atom. The molecule has 0 radical (unpaired) electrons. The molecular weight excluding hydrogens is 298 g/mol. The van der Waals surface area contributed by atoms with Crippen LogP contribution in [0.1, 0.15) is 36.6 Å². The van der Waals surface area contributed by atoms with Gasteiger partial charge in [0.25, 0.3) is 11.8 Å². The molecular formula is C17H11NO5. The van der Waals surface area contributed by atoms with Crippen LogP contribution in [0.2, 0.25) is 0 Å². The predicted octanol–water partition coefficient (Wildman–Crippen LogP) is 1.99. The molecule has 0 N–H and O–H groups in total. The minimum atomic E-state index is -0.755. The van der Waals surface area contributed by atoms with Crippen LogP contribution in [0.3, 0.4) is 0 Å². The first-order valence-corrected chi connectivity index (χ1v) is 7.11. The highest BCUT2D eigenvalue weighted by Gasteiger charge is 2.38. The van der Waals surface area contributed by atoms with Crippen molar-refractivity contribution in [2.45, 2.75) is 6.42 Å². The molecule has 2 aromatic carbocycles. The Hall–Kier alpha value is -3.15. The molecule has 0 aliphatic carbocycles. The molecule has 2 heterocycles. The van der Waals surface area contributed by atoms with E-state index >= 15 is 0 Å². The lowest BCUT2D eigenvalue weighted by molar-refractivity contribution is -0.0584. The monoisotopic (exact) mass is 309 g/mol.